The van der Waals surface area contributed by atoms with Gasteiger partial charge in [0.2, 0.25) is 0 Å². The van der Waals surface area contributed by atoms with Crippen LogP contribution in [-0.4, -0.2) is 32.5 Å². The van der Waals surface area contributed by atoms with Gasteiger partial charge in [-0.3, -0.25) is 9.59 Å². The zero-order valence-electron chi connectivity index (χ0n) is 11.0. The number of carbonyl (C=O) groups excluding carboxylic acids is 2. The summed E-state index contributed by atoms with van der Waals surface area (Å²) in [6.45, 7) is 1.90. The van der Waals surface area contributed by atoms with E-state index in [1.165, 1.54) is 12.1 Å². The van der Waals surface area contributed by atoms with Crippen molar-refractivity contribution in [2.75, 3.05) is 12.4 Å². The van der Waals surface area contributed by atoms with Crippen LogP contribution < -0.4 is 0 Å². The molecule has 0 fully saturated rings. The summed E-state index contributed by atoms with van der Waals surface area (Å²) in [6.07, 6.45) is -0.225. The predicted octanol–water partition coefficient (Wildman–Crippen LogP) is 2.14. The molecule has 0 radical (unpaired) electrons. The molecule has 1 rings (SSSR count). The van der Waals surface area contributed by atoms with Gasteiger partial charge in [-0.05, 0) is 31.2 Å². The van der Waals surface area contributed by atoms with Gasteiger partial charge < -0.3 is 4.74 Å². The number of ether oxygens (including phenoxy) is 1. The van der Waals surface area contributed by atoms with E-state index in [0.717, 1.165) is 4.47 Å². The van der Waals surface area contributed by atoms with Crippen molar-refractivity contribution in [2.24, 2.45) is 0 Å². The maximum atomic E-state index is 12.0. The molecular formula is C13H15BrO5S. The minimum absolute atomic E-state index is 0.0881. The molecule has 0 aromatic heterocycles. The molecule has 5 nitrogen and oxygen atoms in total. The maximum absolute atomic E-state index is 12.0. The lowest BCUT2D eigenvalue weighted by Gasteiger charge is -2.04. The van der Waals surface area contributed by atoms with Gasteiger partial charge in [0.25, 0.3) is 0 Å². The lowest BCUT2D eigenvalue weighted by Crippen LogP contribution is -2.17. The minimum atomic E-state index is -3.66. The highest BCUT2D eigenvalue weighted by atomic mass is 79.9. The first-order valence-electron chi connectivity index (χ1n) is 6.01. The number of hydrogen-bond acceptors (Lipinski definition) is 5. The van der Waals surface area contributed by atoms with Crippen LogP contribution in [0.4, 0.5) is 0 Å². The van der Waals surface area contributed by atoms with Crippen molar-refractivity contribution in [3.63, 3.8) is 0 Å². The van der Waals surface area contributed by atoms with E-state index in [1.807, 2.05) is 0 Å². The summed E-state index contributed by atoms with van der Waals surface area (Å²) in [6, 6.07) is 6.04. The summed E-state index contributed by atoms with van der Waals surface area (Å²) in [5.74, 6) is -1.60. The summed E-state index contributed by atoms with van der Waals surface area (Å²) in [4.78, 5) is 22.8. The van der Waals surface area contributed by atoms with Crippen molar-refractivity contribution in [3.05, 3.63) is 28.7 Å². The highest BCUT2D eigenvalue weighted by Crippen LogP contribution is 2.16. The zero-order chi connectivity index (χ0) is 15.2. The van der Waals surface area contributed by atoms with Crippen molar-refractivity contribution in [3.8, 4) is 0 Å². The van der Waals surface area contributed by atoms with Crippen LogP contribution in [0.1, 0.15) is 19.8 Å². The summed E-state index contributed by atoms with van der Waals surface area (Å²) < 4.78 is 29.4. The molecule has 20 heavy (non-hydrogen) atoms. The van der Waals surface area contributed by atoms with Crippen molar-refractivity contribution < 1.29 is 22.7 Å². The highest BCUT2D eigenvalue weighted by Gasteiger charge is 2.19. The fourth-order valence-corrected chi connectivity index (χ4v) is 3.03. The Bertz CT molecular complexity index is 577. The van der Waals surface area contributed by atoms with Crippen LogP contribution in [-0.2, 0) is 24.2 Å². The second-order valence-corrected chi connectivity index (χ2v) is 6.96. The van der Waals surface area contributed by atoms with Gasteiger partial charge in [-0.15, -0.1) is 0 Å². The van der Waals surface area contributed by atoms with E-state index < -0.39 is 27.3 Å². The largest absolute Gasteiger partial charge is 0.466 e. The summed E-state index contributed by atoms with van der Waals surface area (Å²) in [7, 11) is -3.66. The van der Waals surface area contributed by atoms with Gasteiger partial charge in [0.15, 0.2) is 9.84 Å². The molecule has 110 valence electrons. The Morgan fingerprint density at radius 3 is 2.30 bits per heavy atom. The van der Waals surface area contributed by atoms with E-state index in [1.54, 1.807) is 19.1 Å². The van der Waals surface area contributed by atoms with Crippen LogP contribution in [0.3, 0.4) is 0 Å². The van der Waals surface area contributed by atoms with E-state index in [0.29, 0.717) is 0 Å². The van der Waals surface area contributed by atoms with Crippen LogP contribution in [0.2, 0.25) is 0 Å². The summed E-state index contributed by atoms with van der Waals surface area (Å²) in [5.41, 5.74) is 0. The molecular weight excluding hydrogens is 348 g/mol. The topological polar surface area (TPSA) is 77.5 Å². The number of esters is 1. The van der Waals surface area contributed by atoms with Crippen LogP contribution in [0.15, 0.2) is 33.6 Å². The summed E-state index contributed by atoms with van der Waals surface area (Å²) >= 11 is 3.21. The number of sulfone groups is 1. The minimum Gasteiger partial charge on any atom is -0.466 e. The fraction of sp³-hybridized carbons (Fsp3) is 0.385. The van der Waals surface area contributed by atoms with Gasteiger partial charge in [-0.2, -0.15) is 0 Å². The Morgan fingerprint density at radius 2 is 1.75 bits per heavy atom. The third kappa shape index (κ3) is 5.42. The number of ketones is 1. The Hall–Kier alpha value is -1.21. The van der Waals surface area contributed by atoms with Crippen LogP contribution in [0.25, 0.3) is 0 Å². The number of benzene rings is 1. The number of Topliss-reactive ketones (excluding diaryl/α,β-unsaturated/α-hetero) is 1. The molecule has 0 unspecified atom stereocenters. The molecule has 0 aliphatic carbocycles. The predicted molar refractivity (Wildman–Crippen MR) is 77.1 cm³/mol. The van der Waals surface area contributed by atoms with Crippen molar-refractivity contribution in [1.29, 1.82) is 0 Å². The van der Waals surface area contributed by atoms with E-state index >= 15 is 0 Å². The van der Waals surface area contributed by atoms with Gasteiger partial charge in [-0.1, -0.05) is 15.9 Å². The zero-order valence-corrected chi connectivity index (χ0v) is 13.4. The molecule has 0 amide bonds. The molecule has 0 N–H and O–H groups in total. The maximum Gasteiger partial charge on any atom is 0.306 e. The molecule has 1 aromatic carbocycles. The Balaban J connectivity index is 2.60. The van der Waals surface area contributed by atoms with Gasteiger partial charge in [0.1, 0.15) is 11.5 Å². The van der Waals surface area contributed by atoms with Crippen molar-refractivity contribution in [2.45, 2.75) is 24.7 Å². The molecule has 7 heteroatoms. The highest BCUT2D eigenvalue weighted by molar-refractivity contribution is 9.10. The lowest BCUT2D eigenvalue weighted by atomic mass is 10.2. The first-order chi connectivity index (χ1) is 9.35. The molecule has 0 atom stereocenters. The monoisotopic (exact) mass is 362 g/mol. The fourth-order valence-electron chi connectivity index (χ4n) is 1.48. The molecule has 0 aliphatic heterocycles. The molecule has 1 aromatic rings. The van der Waals surface area contributed by atoms with E-state index in [-0.39, 0.29) is 24.3 Å². The van der Waals surface area contributed by atoms with E-state index in [4.69, 9.17) is 0 Å². The van der Waals surface area contributed by atoms with Gasteiger partial charge in [-0.25, -0.2) is 8.42 Å². The molecule has 0 spiro atoms. The third-order valence-electron chi connectivity index (χ3n) is 2.44. The van der Waals surface area contributed by atoms with Gasteiger partial charge in [0, 0.05) is 10.9 Å². The normalized spacial score (nSPS) is 11.1. The van der Waals surface area contributed by atoms with E-state index in [2.05, 4.69) is 20.7 Å². The number of hydrogen-bond donors (Lipinski definition) is 0. The number of rotatable bonds is 7. The quantitative estimate of drug-likeness (QED) is 0.694. The Kier molecular flexibility index (Phi) is 6.35. The molecule has 0 bridgehead atoms. The van der Waals surface area contributed by atoms with Crippen LogP contribution in [0.5, 0.6) is 0 Å². The molecule has 0 saturated carbocycles. The summed E-state index contributed by atoms with van der Waals surface area (Å²) in [5, 5.41) is 0. The van der Waals surface area contributed by atoms with Crippen molar-refractivity contribution >= 4 is 37.5 Å². The van der Waals surface area contributed by atoms with Crippen LogP contribution >= 0.6 is 15.9 Å². The van der Waals surface area contributed by atoms with Crippen molar-refractivity contribution in [1.82, 2.24) is 0 Å². The van der Waals surface area contributed by atoms with Crippen LogP contribution in [0, 0.1) is 0 Å². The first-order valence-corrected chi connectivity index (χ1v) is 8.45. The van der Waals surface area contributed by atoms with E-state index in [9.17, 15) is 18.0 Å². The second kappa shape index (κ2) is 7.54. The number of halogens is 1. The lowest BCUT2D eigenvalue weighted by molar-refractivity contribution is -0.144. The number of carbonyl (C=O) groups is 2. The third-order valence-corrected chi connectivity index (χ3v) is 4.66. The Labute approximate surface area is 126 Å². The second-order valence-electron chi connectivity index (χ2n) is 4.06. The standard InChI is InChI=1S/C13H15BrO5S/c1-2-19-13(16)8-5-11(15)9-20(17,18)12-6-3-10(14)4-7-12/h3-4,6-7H,2,5,8-9H2,1H3. The average Bonchev–Trinajstić information content (AvgIpc) is 2.37. The SMILES string of the molecule is CCOC(=O)CCC(=O)CS(=O)(=O)c1ccc(Br)cc1. The first kappa shape index (κ1) is 16.8. The smallest absolute Gasteiger partial charge is 0.306 e. The Morgan fingerprint density at radius 1 is 1.15 bits per heavy atom. The average molecular weight is 363 g/mol. The molecule has 0 heterocycles. The molecule has 0 aliphatic rings. The molecule has 0 saturated heterocycles. The van der Waals surface area contributed by atoms with Gasteiger partial charge in [0.05, 0.1) is 17.9 Å². The van der Waals surface area contributed by atoms with Gasteiger partial charge >= 0.3 is 5.97 Å².